The first-order valence-electron chi connectivity index (χ1n) is 9.03. The summed E-state index contributed by atoms with van der Waals surface area (Å²) in [6.07, 6.45) is 2.17. The molecule has 27 heavy (non-hydrogen) atoms. The molecule has 142 valence electrons. The highest BCUT2D eigenvalue weighted by atomic mass is 16.5. The van der Waals surface area contributed by atoms with Crippen LogP contribution in [-0.4, -0.2) is 46.5 Å². The molecule has 2 atom stereocenters. The summed E-state index contributed by atoms with van der Waals surface area (Å²) in [5.74, 6) is -0.286. The van der Waals surface area contributed by atoms with Gasteiger partial charge >= 0.3 is 5.97 Å². The summed E-state index contributed by atoms with van der Waals surface area (Å²) < 4.78 is 6.45. The number of amides is 1. The molecule has 2 aliphatic rings. The average Bonchev–Trinajstić information content (AvgIpc) is 2.99. The minimum atomic E-state index is -0.598. The van der Waals surface area contributed by atoms with Crippen molar-refractivity contribution in [1.82, 2.24) is 14.5 Å². The van der Waals surface area contributed by atoms with E-state index in [-0.39, 0.29) is 28.8 Å². The summed E-state index contributed by atoms with van der Waals surface area (Å²) in [5.41, 5.74) is 0.223. The van der Waals surface area contributed by atoms with E-state index in [0.29, 0.717) is 29.6 Å². The summed E-state index contributed by atoms with van der Waals surface area (Å²) in [5, 5.41) is 0.477. The molecule has 0 bridgehead atoms. The first-order valence-corrected chi connectivity index (χ1v) is 9.03. The molecule has 1 aliphatic heterocycles. The standard InChI is InChI=1S/C20H23N3O4/c1-19(2)9-20(18(26)27-4)10-23(8-15(19)20)16(24)12-5-6-13-14(7-12)21-11-22(3)17(13)25/h5-7,11,15H,8-10H2,1-4H3/t15-,20+/m1/s1. The van der Waals surface area contributed by atoms with Crippen LogP contribution in [0.25, 0.3) is 10.9 Å². The van der Waals surface area contributed by atoms with Crippen molar-refractivity contribution in [3.63, 3.8) is 0 Å². The zero-order valence-electron chi connectivity index (χ0n) is 16.0. The van der Waals surface area contributed by atoms with E-state index in [2.05, 4.69) is 18.8 Å². The van der Waals surface area contributed by atoms with Crippen molar-refractivity contribution in [3.8, 4) is 0 Å². The Labute approximate surface area is 156 Å². The van der Waals surface area contributed by atoms with Gasteiger partial charge in [-0.1, -0.05) is 13.8 Å². The van der Waals surface area contributed by atoms with Gasteiger partial charge in [0, 0.05) is 25.7 Å². The quantitative estimate of drug-likeness (QED) is 0.751. The van der Waals surface area contributed by atoms with Gasteiger partial charge in [0.2, 0.25) is 0 Å². The largest absolute Gasteiger partial charge is 0.469 e. The second-order valence-electron chi connectivity index (χ2n) is 8.44. The first-order chi connectivity index (χ1) is 12.7. The van der Waals surface area contributed by atoms with Gasteiger partial charge in [0.05, 0.1) is 29.8 Å². The molecule has 7 heteroatoms. The Balaban J connectivity index is 1.66. The number of benzene rings is 1. The fraction of sp³-hybridized carbons (Fsp3) is 0.500. The van der Waals surface area contributed by atoms with Crippen LogP contribution in [0, 0.1) is 16.7 Å². The van der Waals surface area contributed by atoms with Crippen molar-refractivity contribution < 1.29 is 14.3 Å². The second kappa shape index (κ2) is 5.65. The molecule has 2 heterocycles. The van der Waals surface area contributed by atoms with Crippen molar-refractivity contribution in [1.29, 1.82) is 0 Å². The fourth-order valence-electron chi connectivity index (χ4n) is 5.05. The second-order valence-corrected chi connectivity index (χ2v) is 8.44. The molecule has 1 aliphatic carbocycles. The van der Waals surface area contributed by atoms with E-state index in [9.17, 15) is 14.4 Å². The number of nitrogens with zero attached hydrogens (tertiary/aromatic N) is 3. The smallest absolute Gasteiger partial charge is 0.314 e. The third-order valence-electron chi connectivity index (χ3n) is 6.30. The van der Waals surface area contributed by atoms with Crippen molar-refractivity contribution in [3.05, 3.63) is 40.4 Å². The topological polar surface area (TPSA) is 81.5 Å². The lowest BCUT2D eigenvalue weighted by Gasteiger charge is -2.54. The number of hydrogen-bond acceptors (Lipinski definition) is 5. The molecule has 2 aromatic rings. The lowest BCUT2D eigenvalue weighted by Crippen LogP contribution is -2.57. The molecular formula is C20H23N3O4. The third kappa shape index (κ3) is 2.40. The van der Waals surface area contributed by atoms with Gasteiger partial charge in [-0.15, -0.1) is 0 Å². The van der Waals surface area contributed by atoms with Crippen LogP contribution in [0.15, 0.2) is 29.3 Å². The molecule has 0 unspecified atom stereocenters. The van der Waals surface area contributed by atoms with E-state index in [0.717, 1.165) is 6.42 Å². The van der Waals surface area contributed by atoms with Crippen LogP contribution in [0.5, 0.6) is 0 Å². The fourth-order valence-corrected chi connectivity index (χ4v) is 5.05. The summed E-state index contributed by atoms with van der Waals surface area (Å²) in [6, 6.07) is 4.95. The van der Waals surface area contributed by atoms with E-state index < -0.39 is 5.41 Å². The molecule has 1 amide bonds. The van der Waals surface area contributed by atoms with Gasteiger partial charge in [0.1, 0.15) is 0 Å². The highest BCUT2D eigenvalue weighted by Gasteiger charge is 2.68. The lowest BCUT2D eigenvalue weighted by molar-refractivity contribution is -0.174. The first kappa shape index (κ1) is 17.7. The molecule has 0 N–H and O–H groups in total. The van der Waals surface area contributed by atoms with E-state index in [1.54, 1.807) is 30.1 Å². The molecule has 1 aromatic heterocycles. The molecule has 0 spiro atoms. The van der Waals surface area contributed by atoms with Gasteiger partial charge in [-0.3, -0.25) is 14.4 Å². The van der Waals surface area contributed by atoms with Gasteiger partial charge in [-0.2, -0.15) is 0 Å². The Morgan fingerprint density at radius 3 is 2.70 bits per heavy atom. The number of carbonyl (C=O) groups excluding carboxylic acids is 2. The molecule has 2 fully saturated rings. The van der Waals surface area contributed by atoms with Gasteiger partial charge in [-0.25, -0.2) is 4.98 Å². The molecule has 0 radical (unpaired) electrons. The van der Waals surface area contributed by atoms with Crippen molar-refractivity contribution in [2.45, 2.75) is 20.3 Å². The van der Waals surface area contributed by atoms with Gasteiger partial charge in [0.15, 0.2) is 0 Å². The van der Waals surface area contributed by atoms with Crippen LogP contribution in [0.2, 0.25) is 0 Å². The Morgan fingerprint density at radius 1 is 1.30 bits per heavy atom. The van der Waals surface area contributed by atoms with Crippen molar-refractivity contribution >= 4 is 22.8 Å². The van der Waals surface area contributed by atoms with Crippen LogP contribution in [0.3, 0.4) is 0 Å². The Hall–Kier alpha value is -2.70. The molecular weight excluding hydrogens is 346 g/mol. The van der Waals surface area contributed by atoms with Gasteiger partial charge < -0.3 is 14.2 Å². The predicted octanol–water partition coefficient (Wildman–Crippen LogP) is 1.59. The summed E-state index contributed by atoms with van der Waals surface area (Å²) in [6.45, 7) is 5.16. The summed E-state index contributed by atoms with van der Waals surface area (Å²) in [4.78, 5) is 43.7. The maximum atomic E-state index is 13.1. The molecule has 1 saturated heterocycles. The van der Waals surface area contributed by atoms with Crippen molar-refractivity contribution in [2.24, 2.45) is 23.8 Å². The number of likely N-dealkylation sites (tertiary alicyclic amines) is 1. The average molecular weight is 369 g/mol. The molecule has 7 nitrogen and oxygen atoms in total. The minimum absolute atomic E-state index is 0.000367. The third-order valence-corrected chi connectivity index (χ3v) is 6.30. The SMILES string of the molecule is COC(=O)[C@@]12CN(C(=O)c3ccc4c(=O)n(C)cnc4c3)C[C@@H]1C(C)(C)C2. The number of fused-ring (bicyclic) bond motifs is 2. The number of aromatic nitrogens is 2. The van der Waals surface area contributed by atoms with Crippen molar-refractivity contribution in [2.75, 3.05) is 20.2 Å². The summed E-state index contributed by atoms with van der Waals surface area (Å²) in [7, 11) is 3.04. The van der Waals surface area contributed by atoms with E-state index in [1.165, 1.54) is 18.0 Å². The van der Waals surface area contributed by atoms with Crippen LogP contribution >= 0.6 is 0 Å². The van der Waals surface area contributed by atoms with Crippen LogP contribution < -0.4 is 5.56 Å². The maximum Gasteiger partial charge on any atom is 0.314 e. The molecule has 1 saturated carbocycles. The number of methoxy groups -OCH3 is 1. The zero-order chi connectivity index (χ0) is 19.6. The zero-order valence-corrected chi connectivity index (χ0v) is 16.0. The number of aryl methyl sites for hydroxylation is 1. The van der Waals surface area contributed by atoms with Crippen LogP contribution in [0.4, 0.5) is 0 Å². The molecule has 1 aromatic carbocycles. The monoisotopic (exact) mass is 369 g/mol. The molecule has 4 rings (SSSR count). The number of carbonyl (C=O) groups is 2. The van der Waals surface area contributed by atoms with Crippen LogP contribution in [0.1, 0.15) is 30.6 Å². The van der Waals surface area contributed by atoms with Gasteiger partial charge in [0.25, 0.3) is 11.5 Å². The normalized spacial score (nSPS) is 25.8. The Kier molecular flexibility index (Phi) is 3.70. The predicted molar refractivity (Wildman–Crippen MR) is 99.2 cm³/mol. The van der Waals surface area contributed by atoms with E-state index in [4.69, 9.17) is 4.74 Å². The number of hydrogen-bond donors (Lipinski definition) is 0. The lowest BCUT2D eigenvalue weighted by atomic mass is 9.48. The highest BCUT2D eigenvalue weighted by Crippen LogP contribution is 2.63. The van der Waals surface area contributed by atoms with E-state index in [1.807, 2.05) is 0 Å². The van der Waals surface area contributed by atoms with E-state index >= 15 is 0 Å². The Morgan fingerprint density at radius 2 is 2.04 bits per heavy atom. The minimum Gasteiger partial charge on any atom is -0.469 e. The number of ether oxygens (including phenoxy) is 1. The number of esters is 1. The number of rotatable bonds is 2. The Bertz CT molecular complexity index is 1030. The van der Waals surface area contributed by atoms with Crippen LogP contribution in [-0.2, 0) is 16.6 Å². The van der Waals surface area contributed by atoms with Gasteiger partial charge in [-0.05, 0) is 36.0 Å². The summed E-state index contributed by atoms with van der Waals surface area (Å²) >= 11 is 0. The maximum absolute atomic E-state index is 13.1. The highest BCUT2D eigenvalue weighted by molar-refractivity contribution is 5.98.